The number of hydrogen-bond donors (Lipinski definition) is 5. The molecule has 11 nitrogen and oxygen atoms in total. The van der Waals surface area contributed by atoms with E-state index in [0.29, 0.717) is 54.4 Å². The summed E-state index contributed by atoms with van der Waals surface area (Å²) in [4.78, 5) is 19.8. The van der Waals surface area contributed by atoms with E-state index in [4.69, 9.17) is 10.5 Å². The molecule has 2 aliphatic rings. The Morgan fingerprint density at radius 3 is 2.64 bits per heavy atom. The highest BCUT2D eigenvalue weighted by molar-refractivity contribution is 7.92. The maximum Gasteiger partial charge on any atom is 0.330 e. The number of aliphatic hydroxyl groups excluding tert-OH is 1. The van der Waals surface area contributed by atoms with Crippen molar-refractivity contribution in [1.82, 2.24) is 19.9 Å². The quantitative estimate of drug-likeness (QED) is 0.120. The molecule has 1 saturated carbocycles. The number of hydrogen-bond acceptors (Lipinski definition) is 8. The topological polar surface area (TPSA) is 164 Å². The molecule has 3 heterocycles. The second-order valence-corrected chi connectivity index (χ2v) is 14.4. The minimum atomic E-state index is -3.85. The summed E-state index contributed by atoms with van der Waals surface area (Å²) in [6, 6.07) is 15.1. The van der Waals surface area contributed by atoms with Crippen molar-refractivity contribution in [3.05, 3.63) is 94.3 Å². The molecule has 0 amide bonds. The van der Waals surface area contributed by atoms with Crippen LogP contribution in [0.15, 0.2) is 76.7 Å². The van der Waals surface area contributed by atoms with E-state index in [2.05, 4.69) is 20.0 Å². The second-order valence-electron chi connectivity index (χ2n) is 12.7. The number of aliphatic hydroxyl groups is 1. The molecule has 2 atom stereocenters. The smallest absolute Gasteiger partial charge is 0.330 e. The maximum absolute atomic E-state index is 13.3. The number of unbranched alkanes of at least 4 members (excludes halogenated alkanes) is 1. The van der Waals surface area contributed by atoms with Crippen LogP contribution in [-0.4, -0.2) is 47.3 Å². The van der Waals surface area contributed by atoms with Crippen LogP contribution >= 0.6 is 0 Å². The van der Waals surface area contributed by atoms with E-state index < -0.39 is 16.1 Å². The number of pyridine rings is 1. The lowest BCUT2D eigenvalue weighted by atomic mass is 10.00. The third kappa shape index (κ3) is 8.43. The summed E-state index contributed by atoms with van der Waals surface area (Å²) in [7, 11) is -3.85. The van der Waals surface area contributed by atoms with Gasteiger partial charge < -0.3 is 25.9 Å². The van der Waals surface area contributed by atoms with E-state index in [0.717, 1.165) is 30.0 Å². The first-order valence-electron chi connectivity index (χ1n) is 16.6. The minimum Gasteiger partial charge on any atom is -0.489 e. The van der Waals surface area contributed by atoms with Gasteiger partial charge in [-0.05, 0) is 85.7 Å². The zero-order valence-corrected chi connectivity index (χ0v) is 27.3. The largest absolute Gasteiger partial charge is 0.489 e. The van der Waals surface area contributed by atoms with Gasteiger partial charge in [-0.3, -0.25) is 9.29 Å². The van der Waals surface area contributed by atoms with Crippen molar-refractivity contribution in [2.75, 3.05) is 23.5 Å². The number of nitrogens with one attached hydrogen (secondary N) is 3. The highest BCUT2D eigenvalue weighted by atomic mass is 32.2. The lowest BCUT2D eigenvalue weighted by molar-refractivity contribution is 0.146. The lowest BCUT2D eigenvalue weighted by Crippen LogP contribution is -2.36. The number of anilines is 2. The van der Waals surface area contributed by atoms with Crippen LogP contribution in [0.1, 0.15) is 74.3 Å². The Labute approximate surface area is 275 Å². The number of aryl methyl sites for hydroxylation is 2. The Morgan fingerprint density at radius 1 is 1.06 bits per heavy atom. The summed E-state index contributed by atoms with van der Waals surface area (Å²) in [6.45, 7) is 0.874. The fourth-order valence-electron chi connectivity index (χ4n) is 6.56. The minimum absolute atomic E-state index is 0.108. The Kier molecular flexibility index (Phi) is 10.3. The molecule has 2 aromatic heterocycles. The van der Waals surface area contributed by atoms with E-state index in [1.165, 1.54) is 44.6 Å². The molecule has 0 spiro atoms. The number of aromatic amines is 1. The van der Waals surface area contributed by atoms with Gasteiger partial charge >= 0.3 is 5.69 Å². The van der Waals surface area contributed by atoms with E-state index in [9.17, 15) is 18.3 Å². The molecule has 0 bridgehead atoms. The van der Waals surface area contributed by atoms with E-state index in [-0.39, 0.29) is 16.7 Å². The fourth-order valence-corrected chi connectivity index (χ4v) is 7.67. The molecule has 1 aliphatic heterocycles. The number of ether oxygens (including phenoxy) is 1. The summed E-state index contributed by atoms with van der Waals surface area (Å²) in [5, 5.41) is 13.6. The molecule has 1 fully saturated rings. The standard InChI is InChI=1S/C35H44N6O5S/c36-34-18-10-26(20-38-34)32(42)22-37-21-30-15-9-25-19-31(16-17-33(25)46-30)47(44,45)40-27-11-13-29(14-12-27)41-23-28(39-35(41)43)8-4-3-7-24-5-1-2-6-24/h10-14,16-20,23-24,30,32,37,40,42H,1-9,15,21-22H2,(H2,36,38)(H,39,43). The van der Waals surface area contributed by atoms with Gasteiger partial charge in [0.25, 0.3) is 10.0 Å². The number of benzene rings is 2. The van der Waals surface area contributed by atoms with Crippen molar-refractivity contribution in [3.8, 4) is 11.4 Å². The van der Waals surface area contributed by atoms with Gasteiger partial charge in [-0.15, -0.1) is 0 Å². The number of sulfonamides is 1. The molecule has 2 aromatic carbocycles. The van der Waals surface area contributed by atoms with E-state index in [1.807, 2.05) is 6.20 Å². The van der Waals surface area contributed by atoms with Crippen molar-refractivity contribution in [2.24, 2.45) is 5.92 Å². The van der Waals surface area contributed by atoms with Crippen LogP contribution < -0.4 is 26.2 Å². The number of imidazole rings is 1. The number of nitrogens with two attached hydrogens (primary N) is 1. The first-order chi connectivity index (χ1) is 22.7. The van der Waals surface area contributed by atoms with Gasteiger partial charge in [0.05, 0.1) is 16.7 Å². The first-order valence-corrected chi connectivity index (χ1v) is 18.1. The van der Waals surface area contributed by atoms with Gasteiger partial charge in [-0.2, -0.15) is 0 Å². The van der Waals surface area contributed by atoms with Crippen LogP contribution in [0.25, 0.3) is 5.69 Å². The summed E-state index contributed by atoms with van der Waals surface area (Å²) in [5.41, 5.74) is 8.90. The van der Waals surface area contributed by atoms with Crippen LogP contribution in [0, 0.1) is 5.92 Å². The number of fused-ring (bicyclic) bond motifs is 1. The summed E-state index contributed by atoms with van der Waals surface area (Å²) >= 11 is 0. The molecule has 12 heteroatoms. The average Bonchev–Trinajstić information content (AvgIpc) is 3.73. The normalized spacial score (nSPS) is 17.3. The van der Waals surface area contributed by atoms with Crippen molar-refractivity contribution >= 4 is 21.5 Å². The van der Waals surface area contributed by atoms with Gasteiger partial charge in [0.2, 0.25) is 0 Å². The highest BCUT2D eigenvalue weighted by Gasteiger charge is 2.23. The Balaban J connectivity index is 0.998. The van der Waals surface area contributed by atoms with Crippen LogP contribution in [0.4, 0.5) is 11.5 Å². The molecule has 0 radical (unpaired) electrons. The molecular weight excluding hydrogens is 616 g/mol. The average molecular weight is 661 g/mol. The zero-order chi connectivity index (χ0) is 32.8. The van der Waals surface area contributed by atoms with Crippen molar-refractivity contribution in [3.63, 3.8) is 0 Å². The van der Waals surface area contributed by atoms with Gasteiger partial charge in [0.15, 0.2) is 0 Å². The van der Waals surface area contributed by atoms with E-state index >= 15 is 0 Å². The lowest BCUT2D eigenvalue weighted by Gasteiger charge is -2.27. The number of aromatic nitrogens is 3. The maximum atomic E-state index is 13.3. The molecular formula is C35H44N6O5S. The third-order valence-electron chi connectivity index (χ3n) is 9.23. The van der Waals surface area contributed by atoms with Crippen molar-refractivity contribution in [2.45, 2.75) is 81.3 Å². The van der Waals surface area contributed by atoms with Crippen LogP contribution in [0.5, 0.6) is 5.75 Å². The predicted octanol–water partition coefficient (Wildman–Crippen LogP) is 4.86. The third-order valence-corrected chi connectivity index (χ3v) is 10.6. The molecule has 0 saturated heterocycles. The first kappa shape index (κ1) is 32.8. The molecule has 6 N–H and O–H groups in total. The SMILES string of the molecule is Nc1ccc(C(O)CNCC2CCc3cc(S(=O)(=O)Nc4ccc(-n5cc(CCCCC6CCCC6)[nH]c5=O)cc4)ccc3O2)cn1. The number of H-pyrrole nitrogens is 1. The number of nitrogens with zero attached hydrogens (tertiary/aromatic N) is 2. The van der Waals surface area contributed by atoms with Gasteiger partial charge in [-0.25, -0.2) is 18.2 Å². The molecule has 4 aromatic rings. The molecule has 47 heavy (non-hydrogen) atoms. The predicted molar refractivity (Wildman–Crippen MR) is 182 cm³/mol. The monoisotopic (exact) mass is 660 g/mol. The van der Waals surface area contributed by atoms with Crippen LogP contribution in [0.2, 0.25) is 0 Å². The van der Waals surface area contributed by atoms with Crippen molar-refractivity contribution < 1.29 is 18.3 Å². The van der Waals surface area contributed by atoms with Crippen LogP contribution in [0.3, 0.4) is 0 Å². The fraction of sp³-hybridized carbons (Fsp3) is 0.429. The van der Waals surface area contributed by atoms with Gasteiger partial charge in [0, 0.05) is 42.4 Å². The molecule has 6 rings (SSSR count). The zero-order valence-electron chi connectivity index (χ0n) is 26.5. The molecule has 250 valence electrons. The highest BCUT2D eigenvalue weighted by Crippen LogP contribution is 2.31. The van der Waals surface area contributed by atoms with Crippen LogP contribution in [-0.2, 0) is 22.9 Å². The van der Waals surface area contributed by atoms with Crippen molar-refractivity contribution in [1.29, 1.82) is 0 Å². The number of rotatable bonds is 14. The van der Waals surface area contributed by atoms with Gasteiger partial charge in [0.1, 0.15) is 17.7 Å². The van der Waals surface area contributed by atoms with E-state index in [1.54, 1.807) is 59.3 Å². The molecule has 2 unspecified atom stereocenters. The summed E-state index contributed by atoms with van der Waals surface area (Å²) in [6.07, 6.45) is 13.8. The Bertz CT molecular complexity index is 1800. The Hall–Kier alpha value is -4.13. The summed E-state index contributed by atoms with van der Waals surface area (Å²) in [5.74, 6) is 1.93. The molecule has 1 aliphatic carbocycles. The Morgan fingerprint density at radius 2 is 1.87 bits per heavy atom. The second kappa shape index (κ2) is 14.7. The number of nitrogen functional groups attached to an aromatic ring is 1. The summed E-state index contributed by atoms with van der Waals surface area (Å²) < 4.78 is 36.8. The van der Waals surface area contributed by atoms with Gasteiger partial charge in [-0.1, -0.05) is 44.6 Å².